The van der Waals surface area contributed by atoms with Crippen molar-refractivity contribution in [3.63, 3.8) is 0 Å². The summed E-state index contributed by atoms with van der Waals surface area (Å²) in [5, 5.41) is 14.7. The van der Waals surface area contributed by atoms with Crippen molar-refractivity contribution in [2.75, 3.05) is 12.4 Å². The molecule has 5 rings (SSSR count). The first kappa shape index (κ1) is 21.6. The number of rotatable bonds is 6. The summed E-state index contributed by atoms with van der Waals surface area (Å²) in [5.41, 5.74) is 5.84. The summed E-state index contributed by atoms with van der Waals surface area (Å²) in [6, 6.07) is 10.6. The Balaban J connectivity index is 1.23. The number of hydrogen-bond donors (Lipinski definition) is 2. The minimum atomic E-state index is -0.255. The molecular formula is C25H25N7O2. The van der Waals surface area contributed by atoms with Gasteiger partial charge in [0.25, 0.3) is 11.8 Å². The zero-order valence-electron chi connectivity index (χ0n) is 18.9. The number of pyridine rings is 1. The second-order valence-corrected chi connectivity index (χ2v) is 8.41. The quantitative estimate of drug-likeness (QED) is 0.463. The number of amides is 2. The highest BCUT2D eigenvalue weighted by atomic mass is 16.2. The maximum absolute atomic E-state index is 13.0. The molecule has 1 aliphatic rings. The molecule has 0 spiro atoms. The highest BCUT2D eigenvalue weighted by Gasteiger charge is 2.20. The lowest BCUT2D eigenvalue weighted by molar-refractivity contribution is 0.0783. The molecule has 172 valence electrons. The Bertz CT molecular complexity index is 1310. The molecule has 3 heterocycles. The van der Waals surface area contributed by atoms with Crippen LogP contribution < -0.4 is 5.32 Å². The molecule has 0 aliphatic heterocycles. The lowest BCUT2D eigenvalue weighted by atomic mass is 9.96. The van der Waals surface area contributed by atoms with Gasteiger partial charge in [-0.05, 0) is 67.6 Å². The van der Waals surface area contributed by atoms with Crippen molar-refractivity contribution in [3.8, 4) is 5.69 Å². The first-order chi connectivity index (χ1) is 16.6. The fraction of sp³-hybridized carbons (Fsp3) is 0.240. The van der Waals surface area contributed by atoms with Gasteiger partial charge in [0, 0.05) is 30.7 Å². The summed E-state index contributed by atoms with van der Waals surface area (Å²) in [5.74, 6) is -0.321. The number of fused-ring (bicyclic) bond motifs is 1. The van der Waals surface area contributed by atoms with Crippen molar-refractivity contribution in [2.45, 2.75) is 32.2 Å². The van der Waals surface area contributed by atoms with E-state index in [1.165, 1.54) is 30.3 Å². The Morgan fingerprint density at radius 3 is 2.71 bits per heavy atom. The van der Waals surface area contributed by atoms with Gasteiger partial charge in [0.1, 0.15) is 0 Å². The molecule has 0 fully saturated rings. The first-order valence-electron chi connectivity index (χ1n) is 11.3. The van der Waals surface area contributed by atoms with Crippen LogP contribution in [0, 0.1) is 0 Å². The van der Waals surface area contributed by atoms with Gasteiger partial charge in [-0.2, -0.15) is 10.2 Å². The Labute approximate surface area is 196 Å². The van der Waals surface area contributed by atoms with E-state index in [1.54, 1.807) is 59.5 Å². The molecule has 2 amide bonds. The standard InChI is InChI=1S/C25H25N7O2/c1-31(16-23-21-6-2-3-7-22(21)29-30-23)25(34)17-8-10-20(11-9-17)32-15-19(14-27-32)28-24(33)18-5-4-12-26-13-18/h4-5,8-15H,2-3,6-7,16H2,1H3,(H,28,33)(H,29,30). The van der Waals surface area contributed by atoms with Crippen LogP contribution in [0.25, 0.3) is 5.69 Å². The number of nitrogens with zero attached hydrogens (tertiary/aromatic N) is 5. The fourth-order valence-electron chi connectivity index (χ4n) is 4.18. The number of aromatic nitrogens is 5. The number of nitrogens with one attached hydrogen (secondary N) is 2. The minimum absolute atomic E-state index is 0.0657. The lowest BCUT2D eigenvalue weighted by Gasteiger charge is -2.18. The van der Waals surface area contributed by atoms with E-state index in [4.69, 9.17) is 0 Å². The molecule has 9 heteroatoms. The molecule has 0 bridgehead atoms. The van der Waals surface area contributed by atoms with Crippen LogP contribution in [0.3, 0.4) is 0 Å². The van der Waals surface area contributed by atoms with E-state index in [9.17, 15) is 9.59 Å². The van der Waals surface area contributed by atoms with E-state index < -0.39 is 0 Å². The predicted octanol–water partition coefficient (Wildman–Crippen LogP) is 3.39. The summed E-state index contributed by atoms with van der Waals surface area (Å²) in [4.78, 5) is 30.9. The zero-order valence-corrected chi connectivity index (χ0v) is 18.9. The Morgan fingerprint density at radius 1 is 1.09 bits per heavy atom. The number of aromatic amines is 1. The number of benzene rings is 1. The summed E-state index contributed by atoms with van der Waals surface area (Å²) >= 11 is 0. The number of carbonyl (C=O) groups is 2. The number of anilines is 1. The van der Waals surface area contributed by atoms with Gasteiger partial charge >= 0.3 is 0 Å². The molecule has 0 saturated carbocycles. The maximum Gasteiger partial charge on any atom is 0.257 e. The van der Waals surface area contributed by atoms with E-state index >= 15 is 0 Å². The molecule has 0 saturated heterocycles. The van der Waals surface area contributed by atoms with Crippen molar-refractivity contribution >= 4 is 17.5 Å². The molecular weight excluding hydrogens is 430 g/mol. The predicted molar refractivity (Wildman–Crippen MR) is 127 cm³/mol. The topological polar surface area (TPSA) is 109 Å². The van der Waals surface area contributed by atoms with Crippen LogP contribution in [-0.2, 0) is 19.4 Å². The van der Waals surface area contributed by atoms with Crippen LogP contribution in [-0.4, -0.2) is 48.7 Å². The van der Waals surface area contributed by atoms with E-state index in [2.05, 4.69) is 25.6 Å². The van der Waals surface area contributed by atoms with E-state index in [1.807, 2.05) is 12.1 Å². The molecule has 0 radical (unpaired) electrons. The van der Waals surface area contributed by atoms with Gasteiger partial charge in [0.15, 0.2) is 0 Å². The molecule has 1 aliphatic carbocycles. The molecule has 2 N–H and O–H groups in total. The molecule has 0 unspecified atom stereocenters. The van der Waals surface area contributed by atoms with Crippen molar-refractivity contribution < 1.29 is 9.59 Å². The molecule has 4 aromatic rings. The van der Waals surface area contributed by atoms with Crippen LogP contribution in [0.15, 0.2) is 61.2 Å². The van der Waals surface area contributed by atoms with Crippen LogP contribution >= 0.6 is 0 Å². The Morgan fingerprint density at radius 2 is 1.91 bits per heavy atom. The van der Waals surface area contributed by atoms with Gasteiger partial charge in [-0.3, -0.25) is 19.7 Å². The van der Waals surface area contributed by atoms with Crippen LogP contribution in [0.1, 0.15) is 50.5 Å². The lowest BCUT2D eigenvalue weighted by Crippen LogP contribution is -2.27. The van der Waals surface area contributed by atoms with E-state index in [0.717, 1.165) is 24.2 Å². The van der Waals surface area contributed by atoms with Gasteiger partial charge in [-0.15, -0.1) is 0 Å². The van der Waals surface area contributed by atoms with Crippen molar-refractivity contribution in [1.82, 2.24) is 29.9 Å². The van der Waals surface area contributed by atoms with E-state index in [0.29, 0.717) is 23.4 Å². The summed E-state index contributed by atoms with van der Waals surface area (Å²) in [6.45, 7) is 0.478. The van der Waals surface area contributed by atoms with Crippen LogP contribution in [0.5, 0.6) is 0 Å². The van der Waals surface area contributed by atoms with Crippen LogP contribution in [0.4, 0.5) is 5.69 Å². The summed E-state index contributed by atoms with van der Waals surface area (Å²) in [6.07, 6.45) is 10.8. The summed E-state index contributed by atoms with van der Waals surface area (Å²) in [7, 11) is 1.80. The van der Waals surface area contributed by atoms with Gasteiger partial charge in [0.05, 0.1) is 41.6 Å². The third-order valence-electron chi connectivity index (χ3n) is 6.02. The molecule has 9 nitrogen and oxygen atoms in total. The normalized spacial score (nSPS) is 12.7. The van der Waals surface area contributed by atoms with Gasteiger partial charge in [0.2, 0.25) is 0 Å². The van der Waals surface area contributed by atoms with Gasteiger partial charge in [-0.25, -0.2) is 4.68 Å². The highest BCUT2D eigenvalue weighted by Crippen LogP contribution is 2.23. The molecule has 0 atom stereocenters. The average Bonchev–Trinajstić information content (AvgIpc) is 3.51. The number of hydrogen-bond acceptors (Lipinski definition) is 5. The van der Waals surface area contributed by atoms with Gasteiger partial charge < -0.3 is 10.2 Å². The third kappa shape index (κ3) is 4.45. The van der Waals surface area contributed by atoms with Gasteiger partial charge in [-0.1, -0.05) is 0 Å². The second kappa shape index (κ2) is 9.30. The third-order valence-corrected chi connectivity index (χ3v) is 6.02. The largest absolute Gasteiger partial charge is 0.336 e. The van der Waals surface area contributed by atoms with Crippen molar-refractivity contribution in [1.29, 1.82) is 0 Å². The fourth-order valence-corrected chi connectivity index (χ4v) is 4.18. The minimum Gasteiger partial charge on any atom is -0.336 e. The molecule has 34 heavy (non-hydrogen) atoms. The number of H-pyrrole nitrogens is 1. The van der Waals surface area contributed by atoms with Crippen molar-refractivity contribution in [2.24, 2.45) is 0 Å². The second-order valence-electron chi connectivity index (χ2n) is 8.41. The number of aryl methyl sites for hydroxylation is 1. The Kier molecular flexibility index (Phi) is 5.90. The maximum atomic E-state index is 13.0. The monoisotopic (exact) mass is 455 g/mol. The van der Waals surface area contributed by atoms with Crippen LogP contribution in [0.2, 0.25) is 0 Å². The molecule has 3 aromatic heterocycles. The first-order valence-corrected chi connectivity index (χ1v) is 11.3. The van der Waals surface area contributed by atoms with E-state index in [-0.39, 0.29) is 11.8 Å². The Hall–Kier alpha value is -4.27. The summed E-state index contributed by atoms with van der Waals surface area (Å²) < 4.78 is 1.65. The zero-order chi connectivity index (χ0) is 23.5. The highest BCUT2D eigenvalue weighted by molar-refractivity contribution is 6.03. The molecule has 1 aromatic carbocycles. The smallest absolute Gasteiger partial charge is 0.257 e. The number of carbonyl (C=O) groups excluding carboxylic acids is 2. The average molecular weight is 456 g/mol. The van der Waals surface area contributed by atoms with Crippen molar-refractivity contribution in [3.05, 3.63) is 89.3 Å². The SMILES string of the molecule is CN(Cc1n[nH]c2c1CCCC2)C(=O)c1ccc(-n2cc(NC(=O)c3cccnc3)cn2)cc1.